The summed E-state index contributed by atoms with van der Waals surface area (Å²) in [5.41, 5.74) is 1.25. The molecule has 0 radical (unpaired) electrons. The second-order valence-electron chi connectivity index (χ2n) is 7.16. The Morgan fingerprint density at radius 3 is 2.56 bits per heavy atom. The fourth-order valence-corrected chi connectivity index (χ4v) is 4.47. The van der Waals surface area contributed by atoms with E-state index in [2.05, 4.69) is 15.5 Å². The molecule has 9 heteroatoms. The summed E-state index contributed by atoms with van der Waals surface area (Å²) in [5.74, 6) is -0.212. The van der Waals surface area contributed by atoms with Crippen molar-refractivity contribution in [1.82, 2.24) is 14.9 Å². The summed E-state index contributed by atoms with van der Waals surface area (Å²) in [6.07, 6.45) is 4.35. The van der Waals surface area contributed by atoms with Gasteiger partial charge >= 0.3 is 0 Å². The van der Waals surface area contributed by atoms with E-state index in [1.54, 1.807) is 12.1 Å². The highest BCUT2D eigenvalue weighted by molar-refractivity contribution is 7.89. The molecule has 27 heavy (non-hydrogen) atoms. The topological polar surface area (TPSA) is 81.8 Å². The Bertz CT molecular complexity index is 758. The molecule has 2 N–H and O–H groups in total. The SMILES string of the molecule is CN(C)S(=O)(=O)c1ccc(N2CCCC2)c(C(=O)NCC2CCCN2)c1.Cl. The molecule has 7 nitrogen and oxygen atoms in total. The first-order valence-electron chi connectivity index (χ1n) is 9.22. The van der Waals surface area contributed by atoms with Crippen LogP contribution in [0.15, 0.2) is 23.1 Å². The predicted octanol–water partition coefficient (Wildman–Crippen LogP) is 1.44. The molecule has 0 bridgehead atoms. The van der Waals surface area contributed by atoms with Crippen molar-refractivity contribution in [2.75, 3.05) is 45.2 Å². The third-order valence-electron chi connectivity index (χ3n) is 5.11. The molecular weight excluding hydrogens is 388 g/mol. The van der Waals surface area contributed by atoms with Gasteiger partial charge in [-0.3, -0.25) is 4.79 Å². The van der Waals surface area contributed by atoms with Gasteiger partial charge in [-0.05, 0) is 50.4 Å². The Hall–Kier alpha value is -1.35. The van der Waals surface area contributed by atoms with Crippen molar-refractivity contribution in [2.24, 2.45) is 0 Å². The van der Waals surface area contributed by atoms with Crippen LogP contribution in [0.25, 0.3) is 0 Å². The van der Waals surface area contributed by atoms with Crippen LogP contribution in [0.1, 0.15) is 36.0 Å². The number of carbonyl (C=O) groups is 1. The predicted molar refractivity (Wildman–Crippen MR) is 109 cm³/mol. The number of nitrogens with one attached hydrogen (secondary N) is 2. The van der Waals surface area contributed by atoms with Gasteiger partial charge in [-0.2, -0.15) is 0 Å². The number of amides is 1. The lowest BCUT2D eigenvalue weighted by atomic mass is 10.1. The maximum absolute atomic E-state index is 12.9. The van der Waals surface area contributed by atoms with E-state index in [-0.39, 0.29) is 23.2 Å². The highest BCUT2D eigenvalue weighted by atomic mass is 35.5. The molecule has 2 heterocycles. The monoisotopic (exact) mass is 416 g/mol. The number of benzene rings is 1. The summed E-state index contributed by atoms with van der Waals surface area (Å²) in [6, 6.07) is 5.17. The van der Waals surface area contributed by atoms with Gasteiger partial charge in [-0.15, -0.1) is 12.4 Å². The third kappa shape index (κ3) is 4.93. The second kappa shape index (κ2) is 9.23. The normalized spacial score (nSPS) is 20.0. The Kier molecular flexibility index (Phi) is 7.50. The van der Waals surface area contributed by atoms with E-state index in [1.165, 1.54) is 24.5 Å². The van der Waals surface area contributed by atoms with Gasteiger partial charge in [0.15, 0.2) is 0 Å². The van der Waals surface area contributed by atoms with Crippen LogP contribution in [-0.2, 0) is 10.0 Å². The summed E-state index contributed by atoms with van der Waals surface area (Å²) in [6.45, 7) is 3.33. The van der Waals surface area contributed by atoms with Crippen molar-refractivity contribution in [1.29, 1.82) is 0 Å². The van der Waals surface area contributed by atoms with Gasteiger partial charge in [-0.1, -0.05) is 0 Å². The van der Waals surface area contributed by atoms with Crippen LogP contribution in [-0.4, -0.2) is 64.9 Å². The number of carbonyl (C=O) groups excluding carboxylic acids is 1. The molecule has 1 unspecified atom stereocenters. The molecular formula is C18H29ClN4O3S. The molecule has 3 rings (SSSR count). The first kappa shape index (κ1) is 21.9. The number of anilines is 1. The number of hydrogen-bond acceptors (Lipinski definition) is 5. The van der Waals surface area contributed by atoms with Gasteiger partial charge in [0.25, 0.3) is 5.91 Å². The maximum Gasteiger partial charge on any atom is 0.253 e. The van der Waals surface area contributed by atoms with Crippen molar-refractivity contribution >= 4 is 34.0 Å². The van der Waals surface area contributed by atoms with Crippen molar-refractivity contribution in [3.63, 3.8) is 0 Å². The minimum absolute atomic E-state index is 0. The summed E-state index contributed by atoms with van der Waals surface area (Å²) in [7, 11) is -0.591. The van der Waals surface area contributed by atoms with Crippen molar-refractivity contribution in [3.8, 4) is 0 Å². The third-order valence-corrected chi connectivity index (χ3v) is 6.92. The van der Waals surface area contributed by atoms with Gasteiger partial charge < -0.3 is 15.5 Å². The zero-order valence-corrected chi connectivity index (χ0v) is 17.5. The molecule has 0 aliphatic carbocycles. The summed E-state index contributed by atoms with van der Waals surface area (Å²) in [5, 5.41) is 6.33. The van der Waals surface area contributed by atoms with E-state index in [4.69, 9.17) is 0 Å². The molecule has 1 aromatic carbocycles. The van der Waals surface area contributed by atoms with Crippen LogP contribution in [0, 0.1) is 0 Å². The summed E-state index contributed by atoms with van der Waals surface area (Å²) in [4.78, 5) is 15.2. The Morgan fingerprint density at radius 2 is 1.96 bits per heavy atom. The van der Waals surface area contributed by atoms with Gasteiger partial charge in [0.2, 0.25) is 10.0 Å². The lowest BCUT2D eigenvalue weighted by molar-refractivity contribution is 0.0950. The molecule has 2 aliphatic heterocycles. The number of nitrogens with zero attached hydrogens (tertiary/aromatic N) is 2. The standard InChI is InChI=1S/C18H28N4O3S.ClH/c1-21(2)26(24,25)15-7-8-17(22-10-3-4-11-22)16(12-15)18(23)20-13-14-6-5-9-19-14;/h7-8,12,14,19H,3-6,9-11,13H2,1-2H3,(H,20,23);1H. The smallest absolute Gasteiger partial charge is 0.253 e. The van der Waals surface area contributed by atoms with Crippen LogP contribution in [0.4, 0.5) is 5.69 Å². The summed E-state index contributed by atoms with van der Waals surface area (Å²) >= 11 is 0. The molecule has 152 valence electrons. The average Bonchev–Trinajstić information content (AvgIpc) is 3.32. The minimum atomic E-state index is -3.58. The van der Waals surface area contributed by atoms with E-state index >= 15 is 0 Å². The minimum Gasteiger partial charge on any atom is -0.371 e. The fraction of sp³-hybridized carbons (Fsp3) is 0.611. The van der Waals surface area contributed by atoms with Crippen LogP contribution in [0.5, 0.6) is 0 Å². The van der Waals surface area contributed by atoms with E-state index in [9.17, 15) is 13.2 Å². The largest absolute Gasteiger partial charge is 0.371 e. The van der Waals surface area contributed by atoms with Gasteiger partial charge in [0.1, 0.15) is 0 Å². The lowest BCUT2D eigenvalue weighted by Crippen LogP contribution is -2.38. The molecule has 2 saturated heterocycles. The van der Waals surface area contributed by atoms with E-state index < -0.39 is 10.0 Å². The lowest BCUT2D eigenvalue weighted by Gasteiger charge is -2.23. The molecule has 0 aromatic heterocycles. The summed E-state index contributed by atoms with van der Waals surface area (Å²) < 4.78 is 26.1. The van der Waals surface area contributed by atoms with E-state index in [1.807, 2.05) is 0 Å². The molecule has 0 spiro atoms. The number of sulfonamides is 1. The maximum atomic E-state index is 12.9. The van der Waals surface area contributed by atoms with E-state index in [0.717, 1.165) is 51.0 Å². The van der Waals surface area contributed by atoms with Gasteiger partial charge in [-0.25, -0.2) is 12.7 Å². The van der Waals surface area contributed by atoms with Crippen LogP contribution >= 0.6 is 12.4 Å². The zero-order chi connectivity index (χ0) is 18.7. The Balaban J connectivity index is 0.00000261. The fourth-order valence-electron chi connectivity index (χ4n) is 3.54. The average molecular weight is 417 g/mol. The van der Waals surface area contributed by atoms with Crippen molar-refractivity contribution < 1.29 is 13.2 Å². The molecule has 1 aromatic rings. The van der Waals surface area contributed by atoms with E-state index in [0.29, 0.717) is 18.2 Å². The molecule has 2 fully saturated rings. The number of halogens is 1. The highest BCUT2D eigenvalue weighted by Crippen LogP contribution is 2.28. The molecule has 0 saturated carbocycles. The first-order chi connectivity index (χ1) is 12.4. The molecule has 1 atom stereocenters. The quantitative estimate of drug-likeness (QED) is 0.733. The van der Waals surface area contributed by atoms with Crippen molar-refractivity contribution in [3.05, 3.63) is 23.8 Å². The van der Waals surface area contributed by atoms with Gasteiger partial charge in [0, 0.05) is 45.5 Å². The van der Waals surface area contributed by atoms with Crippen LogP contribution in [0.2, 0.25) is 0 Å². The zero-order valence-electron chi connectivity index (χ0n) is 15.9. The Morgan fingerprint density at radius 1 is 1.26 bits per heavy atom. The molecule has 1 amide bonds. The van der Waals surface area contributed by atoms with Crippen molar-refractivity contribution in [2.45, 2.75) is 36.6 Å². The first-order valence-corrected chi connectivity index (χ1v) is 10.7. The second-order valence-corrected chi connectivity index (χ2v) is 9.32. The molecule has 2 aliphatic rings. The number of hydrogen-bond donors (Lipinski definition) is 2. The number of rotatable bonds is 6. The highest BCUT2D eigenvalue weighted by Gasteiger charge is 2.25. The van der Waals surface area contributed by atoms with Crippen LogP contribution < -0.4 is 15.5 Å². The van der Waals surface area contributed by atoms with Crippen LogP contribution in [0.3, 0.4) is 0 Å². The van der Waals surface area contributed by atoms with Gasteiger partial charge in [0.05, 0.1) is 10.5 Å². The Labute approximate surface area is 167 Å².